The molecule has 3 heterocycles. The van der Waals surface area contributed by atoms with Crippen LogP contribution in [0.3, 0.4) is 0 Å². The molecule has 0 spiro atoms. The molecule has 5 rings (SSSR count). The number of carbonyl (C=O) groups is 1. The first kappa shape index (κ1) is 21.9. The van der Waals surface area contributed by atoms with E-state index in [0.29, 0.717) is 5.56 Å². The van der Waals surface area contributed by atoms with Crippen LogP contribution in [0.4, 0.5) is 5.69 Å². The molecule has 4 aromatic rings. The number of ether oxygens (including phenoxy) is 1. The molecule has 0 radical (unpaired) electrons. The van der Waals surface area contributed by atoms with E-state index in [0.717, 1.165) is 55.1 Å². The number of pyridine rings is 1. The van der Waals surface area contributed by atoms with Gasteiger partial charge in [0.15, 0.2) is 5.65 Å². The van der Waals surface area contributed by atoms with E-state index in [4.69, 9.17) is 4.74 Å². The number of nitrogens with zero attached hydrogens (tertiary/aromatic N) is 5. The molecule has 34 heavy (non-hydrogen) atoms. The summed E-state index contributed by atoms with van der Waals surface area (Å²) in [6.45, 7) is 4.30. The molecular formula is C27H27N5O2. The first-order chi connectivity index (χ1) is 16.7. The number of carbonyl (C=O) groups excluding carboxylic acids is 1. The van der Waals surface area contributed by atoms with Crippen molar-refractivity contribution in [3.05, 3.63) is 90.3 Å². The summed E-state index contributed by atoms with van der Waals surface area (Å²) in [6, 6.07) is 20.2. The third kappa shape index (κ3) is 4.43. The lowest BCUT2D eigenvalue weighted by atomic mass is 10.1. The SMILES string of the molecule is COC(=O)c1cnc2c(cnn2-c2ccccc2)c1N1CCN(CC=Cc2ccccc2)CC1. The largest absolute Gasteiger partial charge is 0.465 e. The highest BCUT2D eigenvalue weighted by Gasteiger charge is 2.26. The van der Waals surface area contributed by atoms with Crippen LogP contribution in [0.5, 0.6) is 0 Å². The number of methoxy groups -OCH3 is 1. The minimum absolute atomic E-state index is 0.384. The second-order valence-electron chi connectivity index (χ2n) is 8.24. The predicted molar refractivity (Wildman–Crippen MR) is 134 cm³/mol. The molecule has 0 amide bonds. The second-order valence-corrected chi connectivity index (χ2v) is 8.24. The third-order valence-electron chi connectivity index (χ3n) is 6.14. The minimum Gasteiger partial charge on any atom is -0.465 e. The molecule has 2 aromatic heterocycles. The van der Waals surface area contributed by atoms with E-state index in [-0.39, 0.29) is 5.97 Å². The van der Waals surface area contributed by atoms with E-state index in [1.807, 2.05) is 53.2 Å². The van der Waals surface area contributed by atoms with Gasteiger partial charge in [0, 0.05) is 38.9 Å². The lowest BCUT2D eigenvalue weighted by molar-refractivity contribution is 0.0601. The summed E-state index contributed by atoms with van der Waals surface area (Å²) in [7, 11) is 1.40. The number of esters is 1. The van der Waals surface area contributed by atoms with Crippen molar-refractivity contribution in [3.63, 3.8) is 0 Å². The number of anilines is 1. The Morgan fingerprint density at radius 2 is 1.68 bits per heavy atom. The van der Waals surface area contributed by atoms with Crippen molar-refractivity contribution >= 4 is 28.8 Å². The predicted octanol–water partition coefficient (Wildman–Crippen LogP) is 4.04. The lowest BCUT2D eigenvalue weighted by Crippen LogP contribution is -2.46. The molecule has 0 unspecified atom stereocenters. The van der Waals surface area contributed by atoms with Gasteiger partial charge < -0.3 is 9.64 Å². The number of benzene rings is 2. The number of para-hydroxylation sites is 1. The molecule has 0 saturated carbocycles. The van der Waals surface area contributed by atoms with Crippen molar-refractivity contribution in [2.45, 2.75) is 0 Å². The van der Waals surface area contributed by atoms with E-state index in [1.54, 1.807) is 12.4 Å². The van der Waals surface area contributed by atoms with Gasteiger partial charge in [-0.1, -0.05) is 60.7 Å². The quantitative estimate of drug-likeness (QED) is 0.411. The highest BCUT2D eigenvalue weighted by atomic mass is 16.5. The first-order valence-electron chi connectivity index (χ1n) is 11.4. The number of aromatic nitrogens is 3. The number of fused-ring (bicyclic) bond motifs is 1. The van der Waals surface area contributed by atoms with Crippen LogP contribution in [-0.2, 0) is 4.74 Å². The highest BCUT2D eigenvalue weighted by molar-refractivity contribution is 6.04. The highest BCUT2D eigenvalue weighted by Crippen LogP contribution is 2.32. The maximum Gasteiger partial charge on any atom is 0.341 e. The van der Waals surface area contributed by atoms with Crippen LogP contribution in [0.25, 0.3) is 22.8 Å². The molecule has 1 fully saturated rings. The zero-order valence-electron chi connectivity index (χ0n) is 19.2. The van der Waals surface area contributed by atoms with E-state index in [1.165, 1.54) is 12.7 Å². The fraction of sp³-hybridized carbons (Fsp3) is 0.222. The van der Waals surface area contributed by atoms with Crippen molar-refractivity contribution in [1.29, 1.82) is 0 Å². The molecule has 1 aliphatic rings. The molecule has 0 atom stereocenters. The van der Waals surface area contributed by atoms with Crippen molar-refractivity contribution in [2.24, 2.45) is 0 Å². The Balaban J connectivity index is 1.38. The summed E-state index contributed by atoms with van der Waals surface area (Å²) in [6.07, 6.45) is 7.77. The van der Waals surface area contributed by atoms with Crippen molar-refractivity contribution in [3.8, 4) is 5.69 Å². The Hall–Kier alpha value is -3.97. The average molecular weight is 454 g/mol. The van der Waals surface area contributed by atoms with E-state index in [9.17, 15) is 4.79 Å². The average Bonchev–Trinajstić information content (AvgIpc) is 3.33. The van der Waals surface area contributed by atoms with Gasteiger partial charge in [0.05, 0.1) is 30.1 Å². The molecule has 0 aliphatic carbocycles. The van der Waals surface area contributed by atoms with Crippen LogP contribution in [-0.4, -0.2) is 65.5 Å². The zero-order valence-corrected chi connectivity index (χ0v) is 19.2. The third-order valence-corrected chi connectivity index (χ3v) is 6.14. The molecule has 0 bridgehead atoms. The van der Waals surface area contributed by atoms with Crippen LogP contribution in [0, 0.1) is 0 Å². The second kappa shape index (κ2) is 9.89. The van der Waals surface area contributed by atoms with Gasteiger partial charge in [-0.25, -0.2) is 14.5 Å². The summed E-state index contributed by atoms with van der Waals surface area (Å²) in [4.78, 5) is 21.9. The molecule has 1 aliphatic heterocycles. The Morgan fingerprint density at radius 1 is 0.971 bits per heavy atom. The van der Waals surface area contributed by atoms with Crippen LogP contribution in [0.2, 0.25) is 0 Å². The van der Waals surface area contributed by atoms with Crippen molar-refractivity contribution in [1.82, 2.24) is 19.7 Å². The smallest absolute Gasteiger partial charge is 0.341 e. The maximum absolute atomic E-state index is 12.6. The van der Waals surface area contributed by atoms with Gasteiger partial charge >= 0.3 is 5.97 Å². The number of rotatable bonds is 6. The van der Waals surface area contributed by atoms with E-state index >= 15 is 0 Å². The van der Waals surface area contributed by atoms with Crippen molar-refractivity contribution < 1.29 is 9.53 Å². The Bertz CT molecular complexity index is 1290. The minimum atomic E-state index is -0.384. The summed E-state index contributed by atoms with van der Waals surface area (Å²) < 4.78 is 6.88. The summed E-state index contributed by atoms with van der Waals surface area (Å²) >= 11 is 0. The van der Waals surface area contributed by atoms with Gasteiger partial charge in [-0.3, -0.25) is 4.90 Å². The number of hydrogen-bond acceptors (Lipinski definition) is 6. The van der Waals surface area contributed by atoms with Crippen LogP contribution in [0.1, 0.15) is 15.9 Å². The van der Waals surface area contributed by atoms with Crippen molar-refractivity contribution in [2.75, 3.05) is 44.7 Å². The molecule has 1 saturated heterocycles. The van der Waals surface area contributed by atoms with Gasteiger partial charge in [-0.2, -0.15) is 5.10 Å². The van der Waals surface area contributed by atoms with E-state index in [2.05, 4.69) is 44.2 Å². The van der Waals surface area contributed by atoms with Gasteiger partial charge in [0.25, 0.3) is 0 Å². The summed E-state index contributed by atoms with van der Waals surface area (Å²) in [5, 5.41) is 5.44. The molecule has 172 valence electrons. The normalized spacial score (nSPS) is 14.7. The topological polar surface area (TPSA) is 63.5 Å². The molecule has 7 nitrogen and oxygen atoms in total. The Kier molecular flexibility index (Phi) is 6.35. The van der Waals surface area contributed by atoms with Gasteiger partial charge in [0.2, 0.25) is 0 Å². The number of hydrogen-bond donors (Lipinski definition) is 0. The summed E-state index contributed by atoms with van der Waals surface area (Å²) in [5.74, 6) is -0.384. The Labute approximate surface area is 198 Å². The zero-order chi connectivity index (χ0) is 23.3. The Morgan fingerprint density at radius 3 is 2.38 bits per heavy atom. The van der Waals surface area contributed by atoms with Crippen LogP contribution >= 0.6 is 0 Å². The van der Waals surface area contributed by atoms with Gasteiger partial charge in [-0.15, -0.1) is 0 Å². The number of piperazine rings is 1. The fourth-order valence-corrected chi connectivity index (χ4v) is 4.38. The van der Waals surface area contributed by atoms with Gasteiger partial charge in [0.1, 0.15) is 5.56 Å². The molecule has 2 aromatic carbocycles. The first-order valence-corrected chi connectivity index (χ1v) is 11.4. The maximum atomic E-state index is 12.6. The molecular weight excluding hydrogens is 426 g/mol. The lowest BCUT2D eigenvalue weighted by Gasteiger charge is -2.36. The monoisotopic (exact) mass is 453 g/mol. The van der Waals surface area contributed by atoms with Crippen LogP contribution < -0.4 is 4.90 Å². The standard InChI is InChI=1S/C27H27N5O2/c1-34-27(33)24-19-28-26-23(20-29-32(26)22-12-6-3-7-13-22)25(24)31-17-15-30(16-18-31)14-8-11-21-9-4-2-5-10-21/h2-13,19-20H,14-18H2,1H3. The van der Waals surface area contributed by atoms with Gasteiger partial charge in [-0.05, 0) is 17.7 Å². The summed E-state index contributed by atoms with van der Waals surface area (Å²) in [5.41, 5.74) is 4.18. The molecule has 7 heteroatoms. The van der Waals surface area contributed by atoms with E-state index < -0.39 is 0 Å². The fourth-order valence-electron chi connectivity index (χ4n) is 4.38. The molecule has 0 N–H and O–H groups in total. The van der Waals surface area contributed by atoms with Crippen LogP contribution in [0.15, 0.2) is 79.1 Å².